The van der Waals surface area contributed by atoms with E-state index in [0.29, 0.717) is 0 Å². The van der Waals surface area contributed by atoms with Crippen LogP contribution in [0.15, 0.2) is 24.3 Å². The predicted octanol–water partition coefficient (Wildman–Crippen LogP) is 3.06. The summed E-state index contributed by atoms with van der Waals surface area (Å²) >= 11 is 0. The maximum atomic E-state index is 11.9. The molecule has 0 saturated heterocycles. The van der Waals surface area contributed by atoms with Crippen LogP contribution in [0.5, 0.6) is 5.75 Å². The van der Waals surface area contributed by atoms with Crippen LogP contribution in [0.25, 0.3) is 0 Å². The first-order valence-corrected chi connectivity index (χ1v) is 7.53. The summed E-state index contributed by atoms with van der Waals surface area (Å²) < 4.78 is 5.65. The van der Waals surface area contributed by atoms with Crippen molar-refractivity contribution < 1.29 is 14.6 Å². The zero-order chi connectivity index (χ0) is 16.0. The molecular formula is C17H27NO3. The van der Waals surface area contributed by atoms with Crippen molar-refractivity contribution >= 4 is 5.91 Å². The van der Waals surface area contributed by atoms with Gasteiger partial charge in [0, 0.05) is 0 Å². The molecule has 0 aliphatic heterocycles. The van der Waals surface area contributed by atoms with Gasteiger partial charge in [0.05, 0.1) is 24.7 Å². The Morgan fingerprint density at radius 1 is 1.24 bits per heavy atom. The van der Waals surface area contributed by atoms with Crippen molar-refractivity contribution in [1.29, 1.82) is 0 Å². The molecule has 2 unspecified atom stereocenters. The fraction of sp³-hybridized carbons (Fsp3) is 0.588. The SMILES string of the molecule is CC(C)Oc1cccc(C(C)NC(=O)CC(O)C(C)C)c1. The summed E-state index contributed by atoms with van der Waals surface area (Å²) in [6.45, 7) is 9.67. The summed E-state index contributed by atoms with van der Waals surface area (Å²) in [6, 6.07) is 7.59. The standard InChI is InChI=1S/C17H27NO3/c1-11(2)16(19)10-17(20)18-13(5)14-7-6-8-15(9-14)21-12(3)4/h6-9,11-13,16,19H,10H2,1-5H3,(H,18,20). The van der Waals surface area contributed by atoms with E-state index in [9.17, 15) is 9.90 Å². The quantitative estimate of drug-likeness (QED) is 0.812. The molecule has 0 saturated carbocycles. The highest BCUT2D eigenvalue weighted by Gasteiger charge is 2.16. The summed E-state index contributed by atoms with van der Waals surface area (Å²) in [6.07, 6.45) is -0.358. The van der Waals surface area contributed by atoms with Crippen LogP contribution in [0, 0.1) is 5.92 Å². The first-order chi connectivity index (χ1) is 9.79. The Morgan fingerprint density at radius 3 is 2.48 bits per heavy atom. The normalized spacial score (nSPS) is 14.1. The van der Waals surface area contributed by atoms with Gasteiger partial charge in [-0.2, -0.15) is 0 Å². The Labute approximate surface area is 127 Å². The minimum Gasteiger partial charge on any atom is -0.491 e. The van der Waals surface area contributed by atoms with Crippen LogP contribution in [0.1, 0.15) is 52.6 Å². The number of ether oxygens (including phenoxy) is 1. The van der Waals surface area contributed by atoms with Crippen molar-refractivity contribution in [3.8, 4) is 5.75 Å². The van der Waals surface area contributed by atoms with Gasteiger partial charge in [-0.3, -0.25) is 4.79 Å². The molecule has 0 bridgehead atoms. The van der Waals surface area contributed by atoms with E-state index in [4.69, 9.17) is 4.74 Å². The van der Waals surface area contributed by atoms with Gasteiger partial charge < -0.3 is 15.2 Å². The minimum atomic E-state index is -0.604. The highest BCUT2D eigenvalue weighted by Crippen LogP contribution is 2.20. The molecular weight excluding hydrogens is 266 g/mol. The Balaban J connectivity index is 2.62. The summed E-state index contributed by atoms with van der Waals surface area (Å²) in [5.74, 6) is 0.735. The van der Waals surface area contributed by atoms with Crippen LogP contribution in [0.2, 0.25) is 0 Å². The van der Waals surface area contributed by atoms with E-state index >= 15 is 0 Å². The molecule has 21 heavy (non-hydrogen) atoms. The molecule has 1 aromatic carbocycles. The van der Waals surface area contributed by atoms with Gasteiger partial charge in [0.25, 0.3) is 0 Å². The molecule has 0 radical (unpaired) electrons. The van der Waals surface area contributed by atoms with E-state index in [1.54, 1.807) is 0 Å². The largest absolute Gasteiger partial charge is 0.491 e. The van der Waals surface area contributed by atoms with Gasteiger partial charge in [-0.1, -0.05) is 26.0 Å². The number of carbonyl (C=O) groups is 1. The van der Waals surface area contributed by atoms with Gasteiger partial charge >= 0.3 is 0 Å². The van der Waals surface area contributed by atoms with Crippen LogP contribution in [0.4, 0.5) is 0 Å². The molecule has 0 aliphatic carbocycles. The lowest BCUT2D eigenvalue weighted by molar-refractivity contribution is -0.124. The second-order valence-electron chi connectivity index (χ2n) is 6.04. The molecule has 0 fully saturated rings. The zero-order valence-electron chi connectivity index (χ0n) is 13.6. The Kier molecular flexibility index (Phi) is 6.69. The summed E-state index contributed by atoms with van der Waals surface area (Å²) in [4.78, 5) is 11.9. The van der Waals surface area contributed by atoms with E-state index in [2.05, 4.69) is 5.32 Å². The number of carbonyl (C=O) groups excluding carboxylic acids is 1. The first kappa shape index (κ1) is 17.5. The molecule has 1 rings (SSSR count). The lowest BCUT2D eigenvalue weighted by atomic mass is 10.0. The van der Waals surface area contributed by atoms with Gasteiger partial charge in [0.15, 0.2) is 0 Å². The highest BCUT2D eigenvalue weighted by atomic mass is 16.5. The smallest absolute Gasteiger partial charge is 0.223 e. The number of aliphatic hydroxyl groups is 1. The molecule has 0 spiro atoms. The molecule has 118 valence electrons. The van der Waals surface area contributed by atoms with Crippen LogP contribution in [-0.2, 0) is 4.79 Å². The van der Waals surface area contributed by atoms with Crippen molar-refractivity contribution in [2.24, 2.45) is 5.92 Å². The Morgan fingerprint density at radius 2 is 1.90 bits per heavy atom. The van der Waals surface area contributed by atoms with E-state index in [0.717, 1.165) is 11.3 Å². The molecule has 4 heteroatoms. The predicted molar refractivity (Wildman–Crippen MR) is 84.2 cm³/mol. The van der Waals surface area contributed by atoms with Gasteiger partial charge in [0.2, 0.25) is 5.91 Å². The van der Waals surface area contributed by atoms with Crippen LogP contribution in [-0.4, -0.2) is 23.2 Å². The molecule has 2 atom stereocenters. The molecule has 1 amide bonds. The van der Waals surface area contributed by atoms with Crippen LogP contribution in [0.3, 0.4) is 0 Å². The minimum absolute atomic E-state index is 0.0776. The fourth-order valence-electron chi connectivity index (χ4n) is 1.94. The monoisotopic (exact) mass is 293 g/mol. The number of aliphatic hydroxyl groups excluding tert-OH is 1. The maximum absolute atomic E-state index is 11.9. The zero-order valence-corrected chi connectivity index (χ0v) is 13.6. The van der Waals surface area contributed by atoms with Crippen molar-refractivity contribution in [3.05, 3.63) is 29.8 Å². The van der Waals surface area contributed by atoms with E-state index < -0.39 is 6.10 Å². The van der Waals surface area contributed by atoms with Crippen molar-refractivity contribution in [1.82, 2.24) is 5.32 Å². The molecule has 2 N–H and O–H groups in total. The second kappa shape index (κ2) is 8.03. The molecule has 0 aliphatic rings. The topological polar surface area (TPSA) is 58.6 Å². The molecule has 4 nitrogen and oxygen atoms in total. The van der Waals surface area contributed by atoms with E-state index in [1.165, 1.54) is 0 Å². The summed E-state index contributed by atoms with van der Waals surface area (Å²) in [5, 5.41) is 12.7. The average molecular weight is 293 g/mol. The molecule has 1 aromatic rings. The Bertz CT molecular complexity index is 457. The highest BCUT2D eigenvalue weighted by molar-refractivity contribution is 5.76. The third kappa shape index (κ3) is 6.17. The number of hydrogen-bond donors (Lipinski definition) is 2. The third-order valence-corrected chi connectivity index (χ3v) is 3.27. The number of amides is 1. The third-order valence-electron chi connectivity index (χ3n) is 3.27. The van der Waals surface area contributed by atoms with Crippen molar-refractivity contribution in [2.45, 2.75) is 59.3 Å². The Hall–Kier alpha value is -1.55. The van der Waals surface area contributed by atoms with Gasteiger partial charge in [-0.25, -0.2) is 0 Å². The average Bonchev–Trinajstić information content (AvgIpc) is 2.37. The number of rotatable bonds is 7. The number of benzene rings is 1. The lowest BCUT2D eigenvalue weighted by Crippen LogP contribution is -2.31. The van der Waals surface area contributed by atoms with Gasteiger partial charge in [0.1, 0.15) is 5.75 Å². The van der Waals surface area contributed by atoms with Crippen molar-refractivity contribution in [3.63, 3.8) is 0 Å². The molecule has 0 aromatic heterocycles. The van der Waals surface area contributed by atoms with Gasteiger partial charge in [-0.15, -0.1) is 0 Å². The van der Waals surface area contributed by atoms with Crippen LogP contribution < -0.4 is 10.1 Å². The summed E-state index contributed by atoms with van der Waals surface area (Å²) in [5.41, 5.74) is 0.987. The van der Waals surface area contributed by atoms with E-state index in [1.807, 2.05) is 58.9 Å². The number of nitrogens with one attached hydrogen (secondary N) is 1. The number of hydrogen-bond acceptors (Lipinski definition) is 3. The van der Waals surface area contributed by atoms with E-state index in [-0.39, 0.29) is 30.4 Å². The molecule has 0 heterocycles. The maximum Gasteiger partial charge on any atom is 0.223 e. The first-order valence-electron chi connectivity index (χ1n) is 7.53. The second-order valence-corrected chi connectivity index (χ2v) is 6.04. The van der Waals surface area contributed by atoms with Crippen molar-refractivity contribution in [2.75, 3.05) is 0 Å². The fourth-order valence-corrected chi connectivity index (χ4v) is 1.94. The van der Waals surface area contributed by atoms with Gasteiger partial charge in [-0.05, 0) is 44.4 Å². The summed E-state index contributed by atoms with van der Waals surface area (Å²) in [7, 11) is 0. The van der Waals surface area contributed by atoms with Crippen LogP contribution >= 0.6 is 0 Å². The lowest BCUT2D eigenvalue weighted by Gasteiger charge is -2.19.